The van der Waals surface area contributed by atoms with Crippen molar-refractivity contribution in [1.82, 2.24) is 4.98 Å². The summed E-state index contributed by atoms with van der Waals surface area (Å²) in [5, 5.41) is 4.13. The molecule has 0 saturated heterocycles. The molecule has 0 aliphatic rings. The van der Waals surface area contributed by atoms with E-state index in [9.17, 15) is 4.79 Å². The Bertz CT molecular complexity index is 942. The first-order valence-corrected chi connectivity index (χ1v) is 9.46. The topological polar surface area (TPSA) is 60.5 Å². The van der Waals surface area contributed by atoms with E-state index in [4.69, 9.17) is 21.1 Å². The van der Waals surface area contributed by atoms with Gasteiger partial charge in [-0.2, -0.15) is 0 Å². The Morgan fingerprint density at radius 1 is 1.11 bits per heavy atom. The van der Waals surface area contributed by atoms with Gasteiger partial charge in [-0.05, 0) is 35.4 Å². The number of anilines is 1. The molecule has 3 rings (SSSR count). The second-order valence-electron chi connectivity index (χ2n) is 5.85. The molecule has 2 aromatic carbocycles. The zero-order chi connectivity index (χ0) is 19.2. The lowest BCUT2D eigenvalue weighted by atomic mass is 10.1. The summed E-state index contributed by atoms with van der Waals surface area (Å²) in [5.41, 5.74) is 1.94. The quantitative estimate of drug-likeness (QED) is 0.628. The number of carbonyl (C=O) groups excluding carboxylic acids is 1. The molecule has 1 aromatic heterocycles. The predicted octanol–water partition coefficient (Wildman–Crippen LogP) is 4.59. The average Bonchev–Trinajstić information content (AvgIpc) is 3.08. The van der Waals surface area contributed by atoms with Crippen LogP contribution in [0.1, 0.15) is 16.0 Å². The van der Waals surface area contributed by atoms with E-state index >= 15 is 0 Å². The van der Waals surface area contributed by atoms with Crippen LogP contribution < -0.4 is 14.8 Å². The number of nitrogens with one attached hydrogen (secondary N) is 1. The molecule has 5 nitrogen and oxygen atoms in total. The van der Waals surface area contributed by atoms with Gasteiger partial charge in [-0.25, -0.2) is 4.98 Å². The molecule has 0 saturated carbocycles. The molecule has 27 heavy (non-hydrogen) atoms. The molecule has 1 amide bonds. The van der Waals surface area contributed by atoms with Gasteiger partial charge < -0.3 is 14.8 Å². The van der Waals surface area contributed by atoms with Gasteiger partial charge in [0.2, 0.25) is 5.91 Å². The second kappa shape index (κ2) is 8.88. The average molecular weight is 403 g/mol. The number of hydrogen-bond donors (Lipinski definition) is 1. The van der Waals surface area contributed by atoms with Crippen molar-refractivity contribution in [3.8, 4) is 11.5 Å². The van der Waals surface area contributed by atoms with E-state index < -0.39 is 0 Å². The number of thiazole rings is 1. The number of benzene rings is 2. The van der Waals surface area contributed by atoms with Crippen LogP contribution in [-0.4, -0.2) is 25.1 Å². The van der Waals surface area contributed by atoms with E-state index in [0.717, 1.165) is 22.4 Å². The maximum absolute atomic E-state index is 12.3. The second-order valence-corrected chi connectivity index (χ2v) is 7.40. The normalized spacial score (nSPS) is 10.5. The van der Waals surface area contributed by atoms with Gasteiger partial charge in [0.05, 0.1) is 20.6 Å². The summed E-state index contributed by atoms with van der Waals surface area (Å²) < 4.78 is 10.5. The Balaban J connectivity index is 1.61. The molecule has 140 valence electrons. The summed E-state index contributed by atoms with van der Waals surface area (Å²) in [4.78, 5) is 17.7. The third-order valence-electron chi connectivity index (χ3n) is 3.88. The summed E-state index contributed by atoms with van der Waals surface area (Å²) >= 11 is 7.47. The third kappa shape index (κ3) is 5.21. The minimum atomic E-state index is -0.133. The molecule has 0 atom stereocenters. The lowest BCUT2D eigenvalue weighted by molar-refractivity contribution is -0.115. The van der Waals surface area contributed by atoms with Crippen molar-refractivity contribution < 1.29 is 14.3 Å². The number of amides is 1. The fourth-order valence-corrected chi connectivity index (χ4v) is 3.71. The number of hydrogen-bond acceptors (Lipinski definition) is 5. The van der Waals surface area contributed by atoms with Crippen molar-refractivity contribution in [3.63, 3.8) is 0 Å². The van der Waals surface area contributed by atoms with Gasteiger partial charge in [0.25, 0.3) is 0 Å². The summed E-state index contributed by atoms with van der Waals surface area (Å²) in [5.74, 6) is 1.10. The molecule has 1 heterocycles. The lowest BCUT2D eigenvalue weighted by Crippen LogP contribution is -2.14. The van der Waals surface area contributed by atoms with Gasteiger partial charge in [-0.15, -0.1) is 11.3 Å². The van der Waals surface area contributed by atoms with Gasteiger partial charge >= 0.3 is 0 Å². The number of aromatic nitrogens is 1. The summed E-state index contributed by atoms with van der Waals surface area (Å²) in [6.07, 6.45) is 2.73. The van der Waals surface area contributed by atoms with Crippen LogP contribution in [0.3, 0.4) is 0 Å². The van der Waals surface area contributed by atoms with Crippen LogP contribution in [-0.2, 0) is 17.6 Å². The van der Waals surface area contributed by atoms with E-state index in [-0.39, 0.29) is 12.3 Å². The van der Waals surface area contributed by atoms with Crippen LogP contribution in [0.15, 0.2) is 48.7 Å². The van der Waals surface area contributed by atoms with Crippen molar-refractivity contribution in [2.24, 2.45) is 0 Å². The van der Waals surface area contributed by atoms with Crippen LogP contribution in [0.4, 0.5) is 5.13 Å². The Hall–Kier alpha value is -2.57. The SMILES string of the molecule is COc1ccc(CC(=O)Nc2ncc(Cc3cccc(Cl)c3)s2)cc1OC. The standard InChI is InChI=1S/C20H19ClN2O3S/c1-25-17-7-6-14(10-18(17)26-2)11-19(24)23-20-22-12-16(27-20)9-13-4-3-5-15(21)8-13/h3-8,10,12H,9,11H2,1-2H3,(H,22,23,24). The van der Waals surface area contributed by atoms with Gasteiger partial charge in [0, 0.05) is 22.5 Å². The van der Waals surface area contributed by atoms with E-state index in [2.05, 4.69) is 10.3 Å². The minimum Gasteiger partial charge on any atom is -0.493 e. The first-order chi connectivity index (χ1) is 13.1. The van der Waals surface area contributed by atoms with Crippen LogP contribution in [0.25, 0.3) is 0 Å². The number of ether oxygens (including phenoxy) is 2. The van der Waals surface area contributed by atoms with Gasteiger partial charge in [-0.1, -0.05) is 29.8 Å². The molecule has 0 aliphatic carbocycles. The largest absolute Gasteiger partial charge is 0.493 e. The Labute approximate surface area is 166 Å². The van der Waals surface area contributed by atoms with E-state index in [1.54, 1.807) is 32.5 Å². The predicted molar refractivity (Wildman–Crippen MR) is 108 cm³/mol. The van der Waals surface area contributed by atoms with E-state index in [0.29, 0.717) is 21.7 Å². The molecule has 0 fully saturated rings. The smallest absolute Gasteiger partial charge is 0.230 e. The number of rotatable bonds is 7. The summed E-state index contributed by atoms with van der Waals surface area (Å²) in [6.45, 7) is 0. The molecular formula is C20H19ClN2O3S. The van der Waals surface area contributed by atoms with Crippen LogP contribution >= 0.6 is 22.9 Å². The van der Waals surface area contributed by atoms with Crippen molar-refractivity contribution >= 4 is 34.0 Å². The van der Waals surface area contributed by atoms with Crippen LogP contribution in [0.2, 0.25) is 5.02 Å². The Morgan fingerprint density at radius 3 is 2.67 bits per heavy atom. The monoisotopic (exact) mass is 402 g/mol. The van der Waals surface area contributed by atoms with E-state index in [1.807, 2.05) is 30.3 Å². The Kier molecular flexibility index (Phi) is 6.32. The molecule has 1 N–H and O–H groups in total. The first kappa shape index (κ1) is 19.2. The fraction of sp³-hybridized carbons (Fsp3) is 0.200. The number of nitrogens with zero attached hydrogens (tertiary/aromatic N) is 1. The van der Waals surface area contributed by atoms with Crippen LogP contribution in [0.5, 0.6) is 11.5 Å². The molecule has 0 unspecified atom stereocenters. The molecule has 3 aromatic rings. The van der Waals surface area contributed by atoms with Crippen molar-refractivity contribution in [2.75, 3.05) is 19.5 Å². The summed E-state index contributed by atoms with van der Waals surface area (Å²) in [7, 11) is 3.15. The molecular weight excluding hydrogens is 384 g/mol. The minimum absolute atomic E-state index is 0.133. The molecule has 0 radical (unpaired) electrons. The Morgan fingerprint density at radius 2 is 1.93 bits per heavy atom. The molecule has 0 aliphatic heterocycles. The van der Waals surface area contributed by atoms with Crippen molar-refractivity contribution in [1.29, 1.82) is 0 Å². The highest BCUT2D eigenvalue weighted by molar-refractivity contribution is 7.15. The highest BCUT2D eigenvalue weighted by Gasteiger charge is 2.11. The van der Waals surface area contributed by atoms with Gasteiger partial charge in [0.15, 0.2) is 16.6 Å². The van der Waals surface area contributed by atoms with Gasteiger partial charge in [0.1, 0.15) is 0 Å². The van der Waals surface area contributed by atoms with Crippen molar-refractivity contribution in [3.05, 3.63) is 69.7 Å². The lowest BCUT2D eigenvalue weighted by Gasteiger charge is -2.09. The number of carbonyl (C=O) groups is 1. The number of halogens is 1. The molecule has 0 bridgehead atoms. The van der Waals surface area contributed by atoms with Crippen LogP contribution in [0, 0.1) is 0 Å². The molecule has 7 heteroatoms. The third-order valence-corrected chi connectivity index (χ3v) is 5.03. The maximum Gasteiger partial charge on any atom is 0.230 e. The zero-order valence-electron chi connectivity index (χ0n) is 15.0. The summed E-state index contributed by atoms with van der Waals surface area (Å²) in [6, 6.07) is 13.1. The maximum atomic E-state index is 12.3. The fourth-order valence-electron chi connectivity index (χ4n) is 2.63. The van der Waals surface area contributed by atoms with Crippen molar-refractivity contribution in [2.45, 2.75) is 12.8 Å². The highest BCUT2D eigenvalue weighted by atomic mass is 35.5. The molecule has 0 spiro atoms. The highest BCUT2D eigenvalue weighted by Crippen LogP contribution is 2.28. The number of methoxy groups -OCH3 is 2. The van der Waals surface area contributed by atoms with E-state index in [1.165, 1.54) is 11.3 Å². The zero-order valence-corrected chi connectivity index (χ0v) is 16.6. The first-order valence-electron chi connectivity index (χ1n) is 8.27. The van der Waals surface area contributed by atoms with Gasteiger partial charge in [-0.3, -0.25) is 4.79 Å².